The van der Waals surface area contributed by atoms with Gasteiger partial charge in [0.1, 0.15) is 0 Å². The minimum atomic E-state index is -1.19. The van der Waals surface area contributed by atoms with Gasteiger partial charge < -0.3 is 0 Å². The molecule has 0 amide bonds. The molecule has 1 fully saturated rings. The van der Waals surface area contributed by atoms with Crippen LogP contribution in [0.3, 0.4) is 0 Å². The van der Waals surface area contributed by atoms with Crippen LogP contribution in [0.1, 0.15) is 37.7 Å². The predicted molar refractivity (Wildman–Crippen MR) is 98.8 cm³/mol. The van der Waals surface area contributed by atoms with Crippen molar-refractivity contribution >= 4 is 39.6 Å². The fourth-order valence-corrected chi connectivity index (χ4v) is 7.34. The third-order valence-electron chi connectivity index (χ3n) is 4.61. The minimum absolute atomic E-state index is 0.146. The monoisotopic (exact) mass is 324 g/mol. The molecule has 0 aliphatic heterocycles. The van der Waals surface area contributed by atoms with Gasteiger partial charge in [-0.1, -0.05) is 73.0 Å². The molecule has 3 heteroatoms. The van der Waals surface area contributed by atoms with Crippen molar-refractivity contribution in [2.45, 2.75) is 69.6 Å². The first-order valence-corrected chi connectivity index (χ1v) is 13.7. The molecule has 0 nitrogen and oxygen atoms in total. The van der Waals surface area contributed by atoms with Gasteiger partial charge in [-0.3, -0.25) is 0 Å². The molecule has 0 radical (unpaired) electrons. The van der Waals surface area contributed by atoms with E-state index in [4.69, 9.17) is 11.6 Å². The predicted octanol–water partition coefficient (Wildman–Crippen LogP) is 3.69. The molecule has 0 atom stereocenters. The molecule has 1 aliphatic rings. The summed E-state index contributed by atoms with van der Waals surface area (Å²) in [6.45, 7) is 9.57. The molecule has 0 saturated heterocycles. The zero-order valence-corrected chi connectivity index (χ0v) is 16.7. The zero-order chi connectivity index (χ0) is 14.8. The number of hydrogen-bond donors (Lipinski definition) is 0. The van der Waals surface area contributed by atoms with Crippen LogP contribution < -0.4 is 10.4 Å². The Bertz CT molecular complexity index is 457. The maximum absolute atomic E-state index is 6.84. The Balaban J connectivity index is 2.07. The fourth-order valence-electron chi connectivity index (χ4n) is 3.24. The van der Waals surface area contributed by atoms with Crippen molar-refractivity contribution in [2.75, 3.05) is 0 Å². The van der Waals surface area contributed by atoms with Gasteiger partial charge in [-0.2, -0.15) is 0 Å². The maximum atomic E-state index is 6.84. The van der Waals surface area contributed by atoms with Gasteiger partial charge >= 0.3 is 0 Å². The Labute approximate surface area is 133 Å². The molecule has 1 saturated carbocycles. The maximum Gasteiger partial charge on any atom is 0.0775 e. The highest BCUT2D eigenvalue weighted by Crippen LogP contribution is 2.37. The second-order valence-corrected chi connectivity index (χ2v) is 15.4. The van der Waals surface area contributed by atoms with E-state index in [0.29, 0.717) is 0 Å². The molecule has 0 N–H and O–H groups in total. The summed E-state index contributed by atoms with van der Waals surface area (Å²) >= 11 is 6.84. The van der Waals surface area contributed by atoms with Gasteiger partial charge in [0.2, 0.25) is 0 Å². The van der Waals surface area contributed by atoms with E-state index < -0.39 is 8.07 Å². The third-order valence-corrected chi connectivity index (χ3v) is 9.71. The van der Waals surface area contributed by atoms with Gasteiger partial charge in [0, 0.05) is 4.87 Å². The Morgan fingerprint density at radius 1 is 1.10 bits per heavy atom. The first kappa shape index (κ1) is 16.3. The van der Waals surface area contributed by atoms with Crippen molar-refractivity contribution in [1.29, 1.82) is 0 Å². The average Bonchev–Trinajstić information content (AvgIpc) is 2.36. The average molecular weight is 325 g/mol. The van der Waals surface area contributed by atoms with Gasteiger partial charge in [0.05, 0.1) is 17.6 Å². The van der Waals surface area contributed by atoms with E-state index in [1.54, 1.807) is 10.4 Å². The van der Waals surface area contributed by atoms with E-state index in [2.05, 4.69) is 44.8 Å². The highest BCUT2D eigenvalue weighted by atomic mass is 35.5. The van der Waals surface area contributed by atoms with Crippen molar-refractivity contribution in [3.05, 3.63) is 23.8 Å². The zero-order valence-electron chi connectivity index (χ0n) is 13.6. The number of aryl methyl sites for hydroxylation is 1. The lowest BCUT2D eigenvalue weighted by Crippen LogP contribution is -2.40. The lowest BCUT2D eigenvalue weighted by molar-refractivity contribution is 0.414. The molecule has 0 spiro atoms. The number of benzene rings is 1. The van der Waals surface area contributed by atoms with E-state index in [1.807, 2.05) is 0 Å². The quantitative estimate of drug-likeness (QED) is 0.585. The second-order valence-electron chi connectivity index (χ2n) is 7.67. The first-order valence-electron chi connectivity index (χ1n) is 8.09. The summed E-state index contributed by atoms with van der Waals surface area (Å²) in [4.78, 5) is 0.146. The van der Waals surface area contributed by atoms with E-state index in [9.17, 15) is 0 Å². The number of alkyl halides is 1. The van der Waals surface area contributed by atoms with E-state index >= 15 is 0 Å². The van der Waals surface area contributed by atoms with Crippen molar-refractivity contribution in [1.82, 2.24) is 0 Å². The van der Waals surface area contributed by atoms with Crippen molar-refractivity contribution in [3.63, 3.8) is 0 Å². The highest BCUT2D eigenvalue weighted by Gasteiger charge is 2.29. The number of halogens is 1. The molecule has 20 heavy (non-hydrogen) atoms. The lowest BCUT2D eigenvalue weighted by Gasteiger charge is -2.31. The standard InChI is InChI=1S/C17H29ClSi2/c1-14-10-15(12-16(11-14)20(2,3)4)19-13-17(18)8-6-5-7-9-17/h10-12H,5-9,13,19H2,1-4H3. The highest BCUT2D eigenvalue weighted by molar-refractivity contribution is 6.89. The smallest absolute Gasteiger partial charge is 0.0775 e. The van der Waals surface area contributed by atoms with Crippen LogP contribution >= 0.6 is 11.6 Å². The lowest BCUT2D eigenvalue weighted by atomic mass is 9.90. The Kier molecular flexibility index (Phi) is 5.20. The first-order chi connectivity index (χ1) is 9.28. The van der Waals surface area contributed by atoms with Crippen LogP contribution in [0, 0.1) is 6.92 Å². The normalized spacial score (nSPS) is 19.6. The molecular weight excluding hydrogens is 296 g/mol. The van der Waals surface area contributed by atoms with Gasteiger partial charge in [0.15, 0.2) is 0 Å². The molecule has 1 aliphatic carbocycles. The molecule has 0 unspecified atom stereocenters. The fraction of sp³-hybridized carbons (Fsp3) is 0.647. The molecular formula is C17H29ClSi2. The third kappa shape index (κ3) is 4.47. The molecule has 0 bridgehead atoms. The summed E-state index contributed by atoms with van der Waals surface area (Å²) in [5.74, 6) is 0. The van der Waals surface area contributed by atoms with Crippen molar-refractivity contribution in [2.24, 2.45) is 0 Å². The van der Waals surface area contributed by atoms with Gasteiger partial charge in [0.25, 0.3) is 0 Å². The summed E-state index contributed by atoms with van der Waals surface area (Å²) in [5.41, 5.74) is 1.44. The molecule has 1 aromatic rings. The number of hydrogen-bond acceptors (Lipinski definition) is 0. The molecule has 1 aromatic carbocycles. The Morgan fingerprint density at radius 3 is 2.35 bits per heavy atom. The van der Waals surface area contributed by atoms with Crippen molar-refractivity contribution < 1.29 is 0 Å². The van der Waals surface area contributed by atoms with Crippen LogP contribution in [0.4, 0.5) is 0 Å². The van der Waals surface area contributed by atoms with Crippen LogP contribution in [0.2, 0.25) is 25.7 Å². The van der Waals surface area contributed by atoms with Crippen LogP contribution in [0.25, 0.3) is 0 Å². The largest absolute Gasteiger partial charge is 0.120 e. The van der Waals surface area contributed by atoms with E-state index in [0.717, 1.165) is 0 Å². The summed E-state index contributed by atoms with van der Waals surface area (Å²) in [7, 11) is -1.42. The second kappa shape index (κ2) is 6.37. The van der Waals surface area contributed by atoms with Gasteiger partial charge in [-0.15, -0.1) is 11.6 Å². The van der Waals surface area contributed by atoms with Gasteiger partial charge in [-0.05, 0) is 25.8 Å². The SMILES string of the molecule is Cc1cc([SiH2]CC2(Cl)CCCCC2)cc([Si](C)(C)C)c1. The van der Waals surface area contributed by atoms with E-state index in [-0.39, 0.29) is 14.4 Å². The van der Waals surface area contributed by atoms with Crippen LogP contribution in [-0.4, -0.2) is 22.5 Å². The summed E-state index contributed by atoms with van der Waals surface area (Å²) < 4.78 is 0. The molecule has 0 heterocycles. The van der Waals surface area contributed by atoms with E-state index in [1.165, 1.54) is 43.7 Å². The van der Waals surface area contributed by atoms with Crippen molar-refractivity contribution in [3.8, 4) is 0 Å². The molecule has 2 rings (SSSR count). The Hall–Kier alpha value is -0.0562. The Morgan fingerprint density at radius 2 is 1.75 bits per heavy atom. The number of rotatable bonds is 4. The molecule has 112 valence electrons. The van der Waals surface area contributed by atoms with Crippen LogP contribution in [0.5, 0.6) is 0 Å². The summed E-state index contributed by atoms with van der Waals surface area (Å²) in [5, 5.41) is 3.25. The van der Waals surface area contributed by atoms with Crippen LogP contribution in [0.15, 0.2) is 18.2 Å². The summed E-state index contributed by atoms with van der Waals surface area (Å²) in [6, 6.07) is 8.61. The van der Waals surface area contributed by atoms with Gasteiger partial charge in [-0.25, -0.2) is 0 Å². The topological polar surface area (TPSA) is 0 Å². The van der Waals surface area contributed by atoms with Crippen LogP contribution in [-0.2, 0) is 0 Å². The summed E-state index contributed by atoms with van der Waals surface area (Å²) in [6.07, 6.45) is 6.56. The minimum Gasteiger partial charge on any atom is -0.120 e. The molecule has 0 aromatic heterocycles.